The molecule has 1 N–H and O–H groups in total. The second-order valence-electron chi connectivity index (χ2n) is 4.84. The van der Waals surface area contributed by atoms with Gasteiger partial charge in [-0.15, -0.1) is 0 Å². The van der Waals surface area contributed by atoms with Gasteiger partial charge in [0.05, 0.1) is 6.20 Å². The first kappa shape index (κ1) is 12.6. The van der Waals surface area contributed by atoms with Gasteiger partial charge in [0.1, 0.15) is 6.10 Å². The third-order valence-electron chi connectivity index (χ3n) is 3.37. The van der Waals surface area contributed by atoms with Crippen LogP contribution in [0.25, 0.3) is 11.1 Å². The quantitative estimate of drug-likeness (QED) is 0.789. The van der Waals surface area contributed by atoms with Gasteiger partial charge in [-0.2, -0.15) is 5.10 Å². The molecule has 1 unspecified atom stereocenters. The Labute approximate surface area is 118 Å². The molecule has 3 rings (SSSR count). The van der Waals surface area contributed by atoms with Crippen molar-refractivity contribution < 1.29 is 5.11 Å². The molecule has 0 radical (unpaired) electrons. The van der Waals surface area contributed by atoms with Gasteiger partial charge in [-0.3, -0.25) is 4.68 Å². The number of nitrogens with zero attached hydrogens (tertiary/aromatic N) is 2. The van der Waals surface area contributed by atoms with E-state index in [1.54, 1.807) is 10.9 Å². The molecule has 0 spiro atoms. The zero-order valence-corrected chi connectivity index (χ0v) is 11.3. The summed E-state index contributed by atoms with van der Waals surface area (Å²) in [4.78, 5) is 0. The van der Waals surface area contributed by atoms with Crippen molar-refractivity contribution in [1.29, 1.82) is 0 Å². The number of rotatable bonds is 3. The normalized spacial score (nSPS) is 12.3. The Kier molecular flexibility index (Phi) is 3.35. The summed E-state index contributed by atoms with van der Waals surface area (Å²) in [5.74, 6) is 0. The van der Waals surface area contributed by atoms with E-state index in [9.17, 15) is 5.11 Å². The Morgan fingerprint density at radius 2 is 1.55 bits per heavy atom. The van der Waals surface area contributed by atoms with Gasteiger partial charge in [0.2, 0.25) is 0 Å². The summed E-state index contributed by atoms with van der Waals surface area (Å²) in [6.07, 6.45) is 2.89. The van der Waals surface area contributed by atoms with Gasteiger partial charge < -0.3 is 5.11 Å². The average Bonchev–Trinajstić information content (AvgIpc) is 2.94. The predicted molar refractivity (Wildman–Crippen MR) is 79.1 cm³/mol. The molecule has 0 fully saturated rings. The van der Waals surface area contributed by atoms with Crippen LogP contribution in [0.1, 0.15) is 17.2 Å². The largest absolute Gasteiger partial charge is 0.384 e. The highest BCUT2D eigenvalue weighted by molar-refractivity contribution is 5.63. The first-order chi connectivity index (χ1) is 9.74. The van der Waals surface area contributed by atoms with Crippen molar-refractivity contribution in [3.8, 4) is 11.1 Å². The van der Waals surface area contributed by atoms with Crippen LogP contribution in [0, 0.1) is 0 Å². The minimum atomic E-state index is -0.631. The summed E-state index contributed by atoms with van der Waals surface area (Å²) in [5, 5.41) is 14.4. The first-order valence-corrected chi connectivity index (χ1v) is 6.56. The molecule has 0 aliphatic carbocycles. The molecule has 3 heteroatoms. The van der Waals surface area contributed by atoms with Crippen molar-refractivity contribution in [2.45, 2.75) is 6.10 Å². The number of aromatic nitrogens is 2. The maximum Gasteiger partial charge on any atom is 0.107 e. The first-order valence-electron chi connectivity index (χ1n) is 6.56. The highest BCUT2D eigenvalue weighted by Gasteiger charge is 2.12. The van der Waals surface area contributed by atoms with Crippen molar-refractivity contribution in [2.75, 3.05) is 0 Å². The third kappa shape index (κ3) is 2.49. The summed E-state index contributed by atoms with van der Waals surface area (Å²) in [6, 6.07) is 18.2. The topological polar surface area (TPSA) is 38.0 Å². The van der Waals surface area contributed by atoms with Crippen LogP contribution in [0.3, 0.4) is 0 Å². The standard InChI is InChI=1S/C17H16N2O/c1-19-12-16(11-18-19)17(20)15-9-7-14(8-10-15)13-5-3-2-4-6-13/h2-12,17,20H,1H3. The Morgan fingerprint density at radius 1 is 0.900 bits per heavy atom. The third-order valence-corrected chi connectivity index (χ3v) is 3.37. The SMILES string of the molecule is Cn1cc(C(O)c2ccc(-c3ccccc3)cc2)cn1. The number of aliphatic hydroxyl groups is 1. The molecule has 0 saturated heterocycles. The highest BCUT2D eigenvalue weighted by Crippen LogP contribution is 2.25. The molecule has 20 heavy (non-hydrogen) atoms. The highest BCUT2D eigenvalue weighted by atomic mass is 16.3. The molecule has 1 atom stereocenters. The Bertz CT molecular complexity index is 687. The monoisotopic (exact) mass is 264 g/mol. The van der Waals surface area contributed by atoms with E-state index in [4.69, 9.17) is 0 Å². The van der Waals surface area contributed by atoms with E-state index < -0.39 is 6.10 Å². The Morgan fingerprint density at radius 3 is 2.15 bits per heavy atom. The van der Waals surface area contributed by atoms with E-state index in [0.717, 1.165) is 16.7 Å². The van der Waals surface area contributed by atoms with E-state index in [1.165, 1.54) is 5.56 Å². The van der Waals surface area contributed by atoms with Crippen molar-refractivity contribution in [2.24, 2.45) is 7.05 Å². The molecular formula is C17H16N2O. The van der Waals surface area contributed by atoms with Crippen LogP contribution >= 0.6 is 0 Å². The predicted octanol–water partition coefficient (Wildman–Crippen LogP) is 3.17. The molecule has 3 aromatic rings. The van der Waals surface area contributed by atoms with Gasteiger partial charge in [0, 0.05) is 18.8 Å². The zero-order chi connectivity index (χ0) is 13.9. The van der Waals surface area contributed by atoms with Crippen LogP contribution in [0.4, 0.5) is 0 Å². The fourth-order valence-corrected chi connectivity index (χ4v) is 2.26. The lowest BCUT2D eigenvalue weighted by Crippen LogP contribution is -1.98. The lowest BCUT2D eigenvalue weighted by molar-refractivity contribution is 0.220. The fraction of sp³-hybridized carbons (Fsp3) is 0.118. The van der Waals surface area contributed by atoms with Gasteiger partial charge in [-0.1, -0.05) is 54.6 Å². The summed E-state index contributed by atoms with van der Waals surface area (Å²) >= 11 is 0. The summed E-state index contributed by atoms with van der Waals surface area (Å²) < 4.78 is 1.69. The van der Waals surface area contributed by atoms with Crippen molar-refractivity contribution in [3.05, 3.63) is 78.1 Å². The maximum absolute atomic E-state index is 10.3. The lowest BCUT2D eigenvalue weighted by atomic mass is 10.00. The molecule has 2 aromatic carbocycles. The lowest BCUT2D eigenvalue weighted by Gasteiger charge is -2.10. The average molecular weight is 264 g/mol. The van der Waals surface area contributed by atoms with Gasteiger partial charge in [-0.05, 0) is 16.7 Å². The van der Waals surface area contributed by atoms with Crippen molar-refractivity contribution in [3.63, 3.8) is 0 Å². The molecule has 0 bridgehead atoms. The Balaban J connectivity index is 1.86. The van der Waals surface area contributed by atoms with Crippen LogP contribution in [-0.4, -0.2) is 14.9 Å². The van der Waals surface area contributed by atoms with E-state index in [-0.39, 0.29) is 0 Å². The molecule has 0 saturated carbocycles. The van der Waals surface area contributed by atoms with Crippen LogP contribution < -0.4 is 0 Å². The molecule has 0 amide bonds. The second kappa shape index (κ2) is 5.31. The van der Waals surface area contributed by atoms with Gasteiger partial charge in [0.25, 0.3) is 0 Å². The molecule has 0 aliphatic rings. The van der Waals surface area contributed by atoms with Gasteiger partial charge >= 0.3 is 0 Å². The van der Waals surface area contributed by atoms with Crippen LogP contribution in [-0.2, 0) is 7.05 Å². The van der Waals surface area contributed by atoms with Crippen LogP contribution in [0.5, 0.6) is 0 Å². The number of aliphatic hydroxyl groups excluding tert-OH is 1. The molecule has 100 valence electrons. The van der Waals surface area contributed by atoms with Crippen molar-refractivity contribution >= 4 is 0 Å². The zero-order valence-electron chi connectivity index (χ0n) is 11.3. The molecule has 0 aliphatic heterocycles. The van der Waals surface area contributed by atoms with Crippen LogP contribution in [0.2, 0.25) is 0 Å². The number of benzene rings is 2. The number of hydrogen-bond donors (Lipinski definition) is 1. The second-order valence-corrected chi connectivity index (χ2v) is 4.84. The minimum absolute atomic E-state index is 0.631. The van der Waals surface area contributed by atoms with E-state index in [1.807, 2.05) is 55.7 Å². The van der Waals surface area contributed by atoms with Gasteiger partial charge in [0.15, 0.2) is 0 Å². The summed E-state index contributed by atoms with van der Waals surface area (Å²) in [7, 11) is 1.84. The smallest absolute Gasteiger partial charge is 0.107 e. The molecule has 3 nitrogen and oxygen atoms in total. The minimum Gasteiger partial charge on any atom is -0.384 e. The van der Waals surface area contributed by atoms with Gasteiger partial charge in [-0.25, -0.2) is 0 Å². The van der Waals surface area contributed by atoms with E-state index in [2.05, 4.69) is 17.2 Å². The number of hydrogen-bond acceptors (Lipinski definition) is 2. The molecule has 1 aromatic heterocycles. The summed E-state index contributed by atoms with van der Waals surface area (Å²) in [5.41, 5.74) is 4.00. The molecular weight excluding hydrogens is 248 g/mol. The molecule has 1 heterocycles. The maximum atomic E-state index is 10.3. The van der Waals surface area contributed by atoms with Crippen molar-refractivity contribution in [1.82, 2.24) is 9.78 Å². The fourth-order valence-electron chi connectivity index (χ4n) is 2.26. The number of aryl methyl sites for hydroxylation is 1. The van der Waals surface area contributed by atoms with Crippen LogP contribution in [0.15, 0.2) is 67.0 Å². The van der Waals surface area contributed by atoms with E-state index in [0.29, 0.717) is 0 Å². The summed E-state index contributed by atoms with van der Waals surface area (Å²) in [6.45, 7) is 0. The van der Waals surface area contributed by atoms with E-state index >= 15 is 0 Å². The Hall–Kier alpha value is -2.39.